The molecular weight excluding hydrogens is 219 g/mol. The van der Waals surface area contributed by atoms with E-state index < -0.39 is 0 Å². The van der Waals surface area contributed by atoms with Gasteiger partial charge in [0.15, 0.2) is 0 Å². The summed E-state index contributed by atoms with van der Waals surface area (Å²) in [6.07, 6.45) is 0. The van der Waals surface area contributed by atoms with Gasteiger partial charge in [-0.3, -0.25) is 4.79 Å². The van der Waals surface area contributed by atoms with Gasteiger partial charge in [0, 0.05) is 31.1 Å². The molecule has 1 amide bonds. The third kappa shape index (κ3) is 1.72. The van der Waals surface area contributed by atoms with Gasteiger partial charge in [-0.25, -0.2) is 4.39 Å². The van der Waals surface area contributed by atoms with Crippen molar-refractivity contribution in [3.05, 3.63) is 35.1 Å². The summed E-state index contributed by atoms with van der Waals surface area (Å²) in [6.45, 7) is 2.54. The molecule has 4 heteroatoms. The minimum absolute atomic E-state index is 0.0722. The van der Waals surface area contributed by atoms with Gasteiger partial charge in [-0.1, -0.05) is 0 Å². The molecule has 1 aromatic carbocycles. The second kappa shape index (κ2) is 3.81. The first-order valence-electron chi connectivity index (χ1n) is 5.91. The molecule has 0 spiro atoms. The summed E-state index contributed by atoms with van der Waals surface area (Å²) in [7, 11) is 2.06. The molecule has 2 aliphatic rings. The fourth-order valence-corrected chi connectivity index (χ4v) is 3.01. The van der Waals surface area contributed by atoms with E-state index in [9.17, 15) is 9.18 Å². The molecule has 0 bridgehead atoms. The first-order valence-corrected chi connectivity index (χ1v) is 5.91. The Morgan fingerprint density at radius 2 is 2.24 bits per heavy atom. The standard InChI is InChI=1S/C13H15FN2O/c1-16-6-8-5-15-13(17)10-3-2-9(14)4-11(10)12(8)7-16/h2-4,8,12H,5-7H2,1H3,(H,15,17)/t8-,12-/m1/s1. The zero-order chi connectivity index (χ0) is 12.0. The van der Waals surface area contributed by atoms with Crippen LogP contribution < -0.4 is 5.32 Å². The summed E-state index contributed by atoms with van der Waals surface area (Å²) in [5.41, 5.74) is 1.50. The van der Waals surface area contributed by atoms with Gasteiger partial charge in [0.05, 0.1) is 0 Å². The lowest BCUT2D eigenvalue weighted by molar-refractivity contribution is 0.0951. The number of nitrogens with zero attached hydrogens (tertiary/aromatic N) is 1. The monoisotopic (exact) mass is 234 g/mol. The van der Waals surface area contributed by atoms with Gasteiger partial charge in [0.1, 0.15) is 5.82 Å². The SMILES string of the molecule is CN1C[C@H]2CNC(=O)c3ccc(F)cc3[C@@H]2C1. The first kappa shape index (κ1) is 10.7. The molecule has 3 rings (SSSR count). The summed E-state index contributed by atoms with van der Waals surface area (Å²) < 4.78 is 13.4. The molecule has 1 fully saturated rings. The summed E-state index contributed by atoms with van der Waals surface area (Å²) in [5, 5.41) is 2.92. The highest BCUT2D eigenvalue weighted by molar-refractivity contribution is 5.96. The number of likely N-dealkylation sites (tertiary alicyclic amines) is 1. The Balaban J connectivity index is 2.10. The van der Waals surface area contributed by atoms with Crippen LogP contribution in [0.25, 0.3) is 0 Å². The van der Waals surface area contributed by atoms with Gasteiger partial charge >= 0.3 is 0 Å². The summed E-state index contributed by atoms with van der Waals surface area (Å²) in [6, 6.07) is 4.48. The molecule has 0 unspecified atom stereocenters. The predicted octanol–water partition coefficient (Wildman–Crippen LogP) is 1.21. The van der Waals surface area contributed by atoms with E-state index in [4.69, 9.17) is 0 Å². The molecule has 0 aliphatic carbocycles. The number of nitrogens with one attached hydrogen (secondary N) is 1. The van der Waals surface area contributed by atoms with Gasteiger partial charge in [0.25, 0.3) is 5.91 Å². The van der Waals surface area contributed by atoms with Gasteiger partial charge in [-0.15, -0.1) is 0 Å². The average molecular weight is 234 g/mol. The molecule has 0 radical (unpaired) electrons. The molecule has 3 nitrogen and oxygen atoms in total. The molecule has 1 aromatic rings. The van der Waals surface area contributed by atoms with Crippen LogP contribution in [0.3, 0.4) is 0 Å². The summed E-state index contributed by atoms with van der Waals surface area (Å²) >= 11 is 0. The third-order valence-corrected chi connectivity index (χ3v) is 3.81. The molecule has 90 valence electrons. The largest absolute Gasteiger partial charge is 0.352 e. The van der Waals surface area contributed by atoms with Crippen LogP contribution in [-0.4, -0.2) is 37.5 Å². The second-order valence-electron chi connectivity index (χ2n) is 5.03. The smallest absolute Gasteiger partial charge is 0.251 e. The number of rotatable bonds is 0. The highest BCUT2D eigenvalue weighted by Crippen LogP contribution is 2.35. The van der Waals surface area contributed by atoms with Crippen molar-refractivity contribution >= 4 is 5.91 Å². The van der Waals surface area contributed by atoms with E-state index in [1.807, 2.05) is 0 Å². The van der Waals surface area contributed by atoms with Crippen molar-refractivity contribution < 1.29 is 9.18 Å². The Bertz CT molecular complexity index is 474. The van der Waals surface area contributed by atoms with Crippen LogP contribution in [0.1, 0.15) is 21.8 Å². The normalized spacial score (nSPS) is 28.2. The molecule has 2 atom stereocenters. The molecule has 2 aliphatic heterocycles. The van der Waals surface area contributed by atoms with E-state index in [2.05, 4.69) is 17.3 Å². The van der Waals surface area contributed by atoms with Crippen molar-refractivity contribution in [2.75, 3.05) is 26.7 Å². The average Bonchev–Trinajstić information content (AvgIpc) is 2.62. The fourth-order valence-electron chi connectivity index (χ4n) is 3.01. The third-order valence-electron chi connectivity index (χ3n) is 3.81. The summed E-state index contributed by atoms with van der Waals surface area (Å²) in [5.74, 6) is 0.334. The highest BCUT2D eigenvalue weighted by Gasteiger charge is 2.36. The minimum Gasteiger partial charge on any atom is -0.352 e. The number of amides is 1. The van der Waals surface area contributed by atoms with E-state index >= 15 is 0 Å². The zero-order valence-electron chi connectivity index (χ0n) is 9.74. The molecule has 1 N–H and O–H groups in total. The predicted molar refractivity (Wildman–Crippen MR) is 62.5 cm³/mol. The van der Waals surface area contributed by atoms with Crippen molar-refractivity contribution in [1.82, 2.24) is 10.2 Å². The maximum absolute atomic E-state index is 13.4. The Morgan fingerprint density at radius 3 is 3.06 bits per heavy atom. The Morgan fingerprint density at radius 1 is 1.41 bits per heavy atom. The summed E-state index contributed by atoms with van der Waals surface area (Å²) in [4.78, 5) is 14.1. The number of halogens is 1. The maximum Gasteiger partial charge on any atom is 0.251 e. The highest BCUT2D eigenvalue weighted by atomic mass is 19.1. The topological polar surface area (TPSA) is 32.3 Å². The van der Waals surface area contributed by atoms with E-state index in [1.54, 1.807) is 6.07 Å². The number of fused-ring (bicyclic) bond motifs is 3. The number of likely N-dealkylation sites (N-methyl/N-ethyl adjacent to an activating group) is 1. The van der Waals surface area contributed by atoms with E-state index in [-0.39, 0.29) is 17.6 Å². The maximum atomic E-state index is 13.4. The van der Waals surface area contributed by atoms with Crippen molar-refractivity contribution in [2.45, 2.75) is 5.92 Å². The van der Waals surface area contributed by atoms with Crippen LogP contribution in [0.2, 0.25) is 0 Å². The minimum atomic E-state index is -0.258. The van der Waals surface area contributed by atoms with Gasteiger partial charge < -0.3 is 10.2 Å². The van der Waals surface area contributed by atoms with E-state index in [0.717, 1.165) is 18.7 Å². The molecule has 0 saturated carbocycles. The molecule has 2 heterocycles. The zero-order valence-corrected chi connectivity index (χ0v) is 9.74. The van der Waals surface area contributed by atoms with Crippen LogP contribution in [0.5, 0.6) is 0 Å². The molecule has 1 saturated heterocycles. The lowest BCUT2D eigenvalue weighted by Gasteiger charge is -2.16. The number of hydrogen-bond acceptors (Lipinski definition) is 2. The van der Waals surface area contributed by atoms with Crippen LogP contribution in [0, 0.1) is 11.7 Å². The van der Waals surface area contributed by atoms with Crippen LogP contribution >= 0.6 is 0 Å². The van der Waals surface area contributed by atoms with Crippen molar-refractivity contribution in [3.63, 3.8) is 0 Å². The molecular formula is C13H15FN2O. The Kier molecular flexibility index (Phi) is 2.40. The number of benzene rings is 1. The van der Waals surface area contributed by atoms with Gasteiger partial charge in [-0.05, 0) is 36.7 Å². The van der Waals surface area contributed by atoms with Crippen LogP contribution in [-0.2, 0) is 0 Å². The van der Waals surface area contributed by atoms with E-state index in [1.165, 1.54) is 12.1 Å². The molecule has 0 aromatic heterocycles. The lowest BCUT2D eigenvalue weighted by Crippen LogP contribution is -2.29. The first-order chi connectivity index (χ1) is 8.15. The quantitative estimate of drug-likeness (QED) is 0.732. The van der Waals surface area contributed by atoms with Crippen molar-refractivity contribution in [1.29, 1.82) is 0 Å². The van der Waals surface area contributed by atoms with Crippen molar-refractivity contribution in [3.8, 4) is 0 Å². The van der Waals surface area contributed by atoms with Crippen LogP contribution in [0.4, 0.5) is 4.39 Å². The number of carbonyl (C=O) groups is 1. The van der Waals surface area contributed by atoms with Crippen molar-refractivity contribution in [2.24, 2.45) is 5.92 Å². The lowest BCUT2D eigenvalue weighted by atomic mass is 9.87. The van der Waals surface area contributed by atoms with Crippen LogP contribution in [0.15, 0.2) is 18.2 Å². The Hall–Kier alpha value is -1.42. The Labute approximate surface area is 99.6 Å². The van der Waals surface area contributed by atoms with Gasteiger partial charge in [-0.2, -0.15) is 0 Å². The van der Waals surface area contributed by atoms with E-state index in [0.29, 0.717) is 18.0 Å². The number of carbonyl (C=O) groups excluding carboxylic acids is 1. The number of hydrogen-bond donors (Lipinski definition) is 1. The second-order valence-corrected chi connectivity index (χ2v) is 5.03. The fraction of sp³-hybridized carbons (Fsp3) is 0.462. The molecule has 17 heavy (non-hydrogen) atoms. The van der Waals surface area contributed by atoms with Gasteiger partial charge in [0.2, 0.25) is 0 Å².